The lowest BCUT2D eigenvalue weighted by Crippen LogP contribution is -2.40. The fourth-order valence-corrected chi connectivity index (χ4v) is 6.20. The monoisotopic (exact) mass is 585 g/mol. The molecule has 2 saturated heterocycles. The molecule has 3 aromatic rings. The van der Waals surface area contributed by atoms with Crippen molar-refractivity contribution in [3.63, 3.8) is 0 Å². The molecule has 0 unspecified atom stereocenters. The molecule has 3 heterocycles. The molecular formula is C28H30BrF2N5O2. The molecule has 38 heavy (non-hydrogen) atoms. The van der Waals surface area contributed by atoms with Crippen LogP contribution < -0.4 is 19.9 Å². The summed E-state index contributed by atoms with van der Waals surface area (Å²) in [5.74, 6) is -2.18. The maximum Gasteiger partial charge on any atom is 0.259 e. The van der Waals surface area contributed by atoms with Gasteiger partial charge >= 0.3 is 0 Å². The number of carbonyl (C=O) groups excluding carboxylic acids is 1. The van der Waals surface area contributed by atoms with Crippen LogP contribution >= 0.6 is 15.9 Å². The quantitative estimate of drug-likeness (QED) is 0.380. The molecule has 2 aliphatic heterocycles. The topological polar surface area (TPSA) is 70.6 Å². The number of halogens is 3. The number of methoxy groups -OCH3 is 1. The van der Waals surface area contributed by atoms with Gasteiger partial charge in [0.1, 0.15) is 5.82 Å². The Morgan fingerprint density at radius 3 is 2.26 bits per heavy atom. The molecule has 3 fully saturated rings. The second-order valence-electron chi connectivity index (χ2n) is 10.7. The minimum Gasteiger partial charge on any atom is -0.481 e. The summed E-state index contributed by atoms with van der Waals surface area (Å²) in [6, 6.07) is 11.4. The van der Waals surface area contributed by atoms with E-state index in [9.17, 15) is 13.6 Å². The normalized spacial score (nSPS) is 20.0. The van der Waals surface area contributed by atoms with Crippen molar-refractivity contribution in [3.8, 4) is 5.88 Å². The average molecular weight is 586 g/mol. The molecule has 1 N–H and O–H groups in total. The SMILES string of the molecule is COc1cc(NC(=O)c2c(N3CCC4(CC3)CC4)cc(Br)c3ccccc23)nc(N2CCC(F)(F)CC2)n1. The number of nitrogens with one attached hydrogen (secondary N) is 1. The van der Waals surface area contributed by atoms with Crippen molar-refractivity contribution in [1.29, 1.82) is 0 Å². The first-order valence-electron chi connectivity index (χ1n) is 13.1. The lowest BCUT2D eigenvalue weighted by molar-refractivity contribution is -0.0222. The zero-order chi connectivity index (χ0) is 26.5. The lowest BCUT2D eigenvalue weighted by Gasteiger charge is -2.35. The standard InChI is InChI=1S/C28H30BrF2N5O2/c1-38-23-17-22(33-26(34-23)36-14-10-28(30,31)11-15-36)32-25(37)24-19-5-3-2-4-18(19)20(29)16-21(24)35-12-8-27(6-7-27)9-13-35/h2-5,16-17H,6-15H2,1H3,(H,32,33,34,37). The van der Waals surface area contributed by atoms with Gasteiger partial charge in [-0.25, -0.2) is 8.78 Å². The first-order valence-corrected chi connectivity index (χ1v) is 13.9. The van der Waals surface area contributed by atoms with Gasteiger partial charge in [-0.15, -0.1) is 0 Å². The van der Waals surface area contributed by atoms with Crippen LogP contribution in [0, 0.1) is 5.41 Å². The van der Waals surface area contributed by atoms with Crippen LogP contribution in [-0.2, 0) is 0 Å². The summed E-state index contributed by atoms with van der Waals surface area (Å²) in [6.07, 6.45) is 4.37. The molecule has 1 saturated carbocycles. The number of hydrogen-bond donors (Lipinski definition) is 1. The van der Waals surface area contributed by atoms with Crippen molar-refractivity contribution in [3.05, 3.63) is 46.4 Å². The molecule has 200 valence electrons. The van der Waals surface area contributed by atoms with E-state index >= 15 is 0 Å². The van der Waals surface area contributed by atoms with Crippen LogP contribution in [0.15, 0.2) is 40.9 Å². The second-order valence-corrected chi connectivity index (χ2v) is 11.5. The number of ether oxygens (including phenoxy) is 1. The van der Waals surface area contributed by atoms with Crippen LogP contribution in [0.2, 0.25) is 0 Å². The summed E-state index contributed by atoms with van der Waals surface area (Å²) >= 11 is 3.73. The van der Waals surface area contributed by atoms with E-state index in [2.05, 4.69) is 36.1 Å². The van der Waals surface area contributed by atoms with Gasteiger partial charge in [0.2, 0.25) is 11.8 Å². The number of rotatable bonds is 5. The third kappa shape index (κ3) is 4.90. The van der Waals surface area contributed by atoms with Gasteiger partial charge in [0, 0.05) is 49.6 Å². The summed E-state index contributed by atoms with van der Waals surface area (Å²) in [5, 5.41) is 4.76. The average Bonchev–Trinajstić information content (AvgIpc) is 3.67. The predicted molar refractivity (Wildman–Crippen MR) is 148 cm³/mol. The van der Waals surface area contributed by atoms with Gasteiger partial charge in [-0.2, -0.15) is 9.97 Å². The van der Waals surface area contributed by atoms with Crippen molar-refractivity contribution >= 4 is 50.1 Å². The molecule has 1 amide bonds. The molecule has 1 aliphatic carbocycles. The fourth-order valence-electron chi connectivity index (χ4n) is 5.64. The molecule has 0 atom stereocenters. The number of hydrogen-bond acceptors (Lipinski definition) is 6. The smallest absolute Gasteiger partial charge is 0.259 e. The molecule has 1 spiro atoms. The highest BCUT2D eigenvalue weighted by molar-refractivity contribution is 9.10. The van der Waals surface area contributed by atoms with E-state index < -0.39 is 5.92 Å². The summed E-state index contributed by atoms with van der Waals surface area (Å²) in [6.45, 7) is 2.09. The number of aromatic nitrogens is 2. The Kier molecular flexibility index (Phi) is 6.40. The molecule has 6 rings (SSSR count). The van der Waals surface area contributed by atoms with E-state index in [4.69, 9.17) is 4.74 Å². The molecule has 0 bridgehead atoms. The number of nitrogens with zero attached hydrogens (tertiary/aromatic N) is 4. The van der Waals surface area contributed by atoms with E-state index in [1.807, 2.05) is 30.3 Å². The second kappa shape index (κ2) is 9.63. The van der Waals surface area contributed by atoms with Gasteiger partial charge in [-0.3, -0.25) is 4.79 Å². The number of fused-ring (bicyclic) bond motifs is 1. The number of benzene rings is 2. The molecule has 0 radical (unpaired) electrons. The van der Waals surface area contributed by atoms with E-state index in [1.165, 1.54) is 20.0 Å². The van der Waals surface area contributed by atoms with Crippen LogP contribution in [0.4, 0.5) is 26.2 Å². The maximum absolute atomic E-state index is 13.9. The van der Waals surface area contributed by atoms with E-state index in [-0.39, 0.29) is 49.5 Å². The van der Waals surface area contributed by atoms with Crippen molar-refractivity contribution in [2.45, 2.75) is 44.4 Å². The van der Waals surface area contributed by atoms with Crippen LogP contribution in [-0.4, -0.2) is 55.1 Å². The highest BCUT2D eigenvalue weighted by Gasteiger charge is 2.45. The molecule has 3 aliphatic rings. The third-order valence-corrected chi connectivity index (χ3v) is 8.90. The molecule has 1 aromatic heterocycles. The first kappa shape index (κ1) is 25.3. The van der Waals surface area contributed by atoms with Crippen molar-refractivity contribution in [2.75, 3.05) is 48.4 Å². The highest BCUT2D eigenvalue weighted by Crippen LogP contribution is 2.54. The fraction of sp³-hybridized carbons (Fsp3) is 0.464. The van der Waals surface area contributed by atoms with E-state index in [0.717, 1.165) is 46.9 Å². The zero-order valence-electron chi connectivity index (χ0n) is 21.3. The molecular weight excluding hydrogens is 556 g/mol. The summed E-state index contributed by atoms with van der Waals surface area (Å²) in [7, 11) is 1.48. The molecule has 7 nitrogen and oxygen atoms in total. The van der Waals surface area contributed by atoms with Gasteiger partial charge in [0.25, 0.3) is 11.8 Å². The molecule has 2 aromatic carbocycles. The van der Waals surface area contributed by atoms with Crippen LogP contribution in [0.25, 0.3) is 10.8 Å². The van der Waals surface area contributed by atoms with Crippen LogP contribution in [0.1, 0.15) is 48.9 Å². The number of carbonyl (C=O) groups is 1. The third-order valence-electron chi connectivity index (χ3n) is 8.24. The van der Waals surface area contributed by atoms with Crippen molar-refractivity contribution in [1.82, 2.24) is 9.97 Å². The number of amides is 1. The zero-order valence-corrected chi connectivity index (χ0v) is 22.9. The maximum atomic E-state index is 13.9. The Hall–Kier alpha value is -3.01. The number of piperidine rings is 2. The predicted octanol–water partition coefficient (Wildman–Crippen LogP) is 6.27. The van der Waals surface area contributed by atoms with Gasteiger partial charge in [0.15, 0.2) is 0 Å². The first-order chi connectivity index (χ1) is 18.3. The minimum absolute atomic E-state index is 0.130. The van der Waals surface area contributed by atoms with Gasteiger partial charge in [-0.1, -0.05) is 40.2 Å². The minimum atomic E-state index is -2.68. The number of anilines is 3. The Labute approximate surface area is 228 Å². The van der Waals surface area contributed by atoms with Gasteiger partial charge < -0.3 is 19.9 Å². The summed E-state index contributed by atoms with van der Waals surface area (Å²) < 4.78 is 33.7. The van der Waals surface area contributed by atoms with Crippen molar-refractivity contribution in [2.24, 2.45) is 5.41 Å². The summed E-state index contributed by atoms with van der Waals surface area (Å²) in [4.78, 5) is 26.8. The summed E-state index contributed by atoms with van der Waals surface area (Å²) in [5.41, 5.74) is 2.00. The van der Waals surface area contributed by atoms with E-state index in [1.54, 1.807) is 11.0 Å². The number of alkyl halides is 2. The van der Waals surface area contributed by atoms with Gasteiger partial charge in [-0.05, 0) is 47.9 Å². The Balaban J connectivity index is 1.34. The Morgan fingerprint density at radius 2 is 1.61 bits per heavy atom. The van der Waals surface area contributed by atoms with Gasteiger partial charge in [0.05, 0.1) is 18.4 Å². The van der Waals surface area contributed by atoms with Crippen LogP contribution in [0.3, 0.4) is 0 Å². The molecule has 10 heteroatoms. The van der Waals surface area contributed by atoms with Crippen molar-refractivity contribution < 1.29 is 18.3 Å². The van der Waals surface area contributed by atoms with Crippen LogP contribution in [0.5, 0.6) is 5.88 Å². The Bertz CT molecular complexity index is 1380. The Morgan fingerprint density at radius 1 is 0.947 bits per heavy atom. The lowest BCUT2D eigenvalue weighted by atomic mass is 9.92. The highest BCUT2D eigenvalue weighted by atomic mass is 79.9. The van der Waals surface area contributed by atoms with E-state index in [0.29, 0.717) is 11.0 Å². The largest absolute Gasteiger partial charge is 0.481 e.